The maximum atomic E-state index is 14.2. The Labute approximate surface area is 178 Å². The lowest BCUT2D eigenvalue weighted by atomic mass is 10.1. The molecule has 5 nitrogen and oxygen atoms in total. The van der Waals surface area contributed by atoms with Crippen LogP contribution in [0.2, 0.25) is 0 Å². The number of aryl methyl sites for hydroxylation is 2. The molecule has 0 bridgehead atoms. The number of nitrogens with zero attached hydrogens (tertiary/aromatic N) is 1. The number of carbonyl (C=O) groups is 2. The van der Waals surface area contributed by atoms with Crippen molar-refractivity contribution in [1.29, 1.82) is 0 Å². The van der Waals surface area contributed by atoms with Crippen molar-refractivity contribution in [2.75, 3.05) is 6.61 Å². The second-order valence-corrected chi connectivity index (χ2v) is 7.66. The van der Waals surface area contributed by atoms with E-state index in [1.165, 1.54) is 11.0 Å². The minimum Gasteiger partial charge on any atom is -0.483 e. The van der Waals surface area contributed by atoms with Crippen molar-refractivity contribution in [3.63, 3.8) is 0 Å². The van der Waals surface area contributed by atoms with Crippen LogP contribution in [0.5, 0.6) is 5.75 Å². The molecular formula is C24H31FN2O3. The standard InChI is InChI=1S/C24H31FN2O3/c1-6-18(4)26-24(29)19(5)27(14-20-9-7-8-10-21(20)25)23(28)15-30-22-13-16(2)11-12-17(22)3/h7-13,18-19H,6,14-15H2,1-5H3,(H,26,29)/t18-,19+/m0/s1. The quantitative estimate of drug-likeness (QED) is 0.671. The van der Waals surface area contributed by atoms with Gasteiger partial charge in [0, 0.05) is 18.2 Å². The van der Waals surface area contributed by atoms with Crippen LogP contribution in [0.15, 0.2) is 42.5 Å². The molecule has 6 heteroatoms. The summed E-state index contributed by atoms with van der Waals surface area (Å²) in [4.78, 5) is 27.1. The van der Waals surface area contributed by atoms with Gasteiger partial charge in [-0.3, -0.25) is 9.59 Å². The van der Waals surface area contributed by atoms with Crippen LogP contribution in [-0.2, 0) is 16.1 Å². The Morgan fingerprint density at radius 3 is 2.50 bits per heavy atom. The van der Waals surface area contributed by atoms with Crippen molar-refractivity contribution in [3.05, 3.63) is 65.0 Å². The summed E-state index contributed by atoms with van der Waals surface area (Å²) in [5.41, 5.74) is 2.28. The third-order valence-electron chi connectivity index (χ3n) is 5.16. The molecule has 1 N–H and O–H groups in total. The predicted octanol–water partition coefficient (Wildman–Crippen LogP) is 4.15. The molecule has 2 atom stereocenters. The van der Waals surface area contributed by atoms with E-state index in [0.717, 1.165) is 17.5 Å². The van der Waals surface area contributed by atoms with Crippen LogP contribution in [0.25, 0.3) is 0 Å². The molecule has 162 valence electrons. The van der Waals surface area contributed by atoms with Gasteiger partial charge in [-0.1, -0.05) is 37.3 Å². The first kappa shape index (κ1) is 23.4. The first-order valence-corrected chi connectivity index (χ1v) is 10.3. The molecule has 0 heterocycles. The van der Waals surface area contributed by atoms with Crippen LogP contribution in [-0.4, -0.2) is 35.4 Å². The molecule has 0 unspecified atom stereocenters. The van der Waals surface area contributed by atoms with E-state index in [1.54, 1.807) is 25.1 Å². The highest BCUT2D eigenvalue weighted by atomic mass is 19.1. The number of rotatable bonds is 9. The van der Waals surface area contributed by atoms with E-state index >= 15 is 0 Å². The van der Waals surface area contributed by atoms with Gasteiger partial charge in [0.1, 0.15) is 17.6 Å². The van der Waals surface area contributed by atoms with Crippen LogP contribution in [0.1, 0.15) is 43.9 Å². The predicted molar refractivity (Wildman–Crippen MR) is 116 cm³/mol. The highest BCUT2D eigenvalue weighted by molar-refractivity contribution is 5.88. The molecule has 0 saturated heterocycles. The summed E-state index contributed by atoms with van der Waals surface area (Å²) >= 11 is 0. The number of amides is 2. The first-order chi connectivity index (χ1) is 14.2. The molecule has 0 fully saturated rings. The lowest BCUT2D eigenvalue weighted by Gasteiger charge is -2.29. The van der Waals surface area contributed by atoms with Crippen molar-refractivity contribution in [2.24, 2.45) is 0 Å². The van der Waals surface area contributed by atoms with Crippen molar-refractivity contribution in [3.8, 4) is 5.75 Å². The van der Waals surface area contributed by atoms with Gasteiger partial charge in [0.25, 0.3) is 5.91 Å². The number of nitrogens with one attached hydrogen (secondary N) is 1. The largest absolute Gasteiger partial charge is 0.483 e. The van der Waals surface area contributed by atoms with Crippen LogP contribution in [0.3, 0.4) is 0 Å². The average molecular weight is 415 g/mol. The Morgan fingerprint density at radius 1 is 1.13 bits per heavy atom. The average Bonchev–Trinajstić information content (AvgIpc) is 2.72. The van der Waals surface area contributed by atoms with Crippen molar-refractivity contribution >= 4 is 11.8 Å². The zero-order valence-electron chi connectivity index (χ0n) is 18.4. The maximum absolute atomic E-state index is 14.2. The summed E-state index contributed by atoms with van der Waals surface area (Å²) in [6.45, 7) is 9.11. The van der Waals surface area contributed by atoms with Gasteiger partial charge < -0.3 is 15.0 Å². The molecule has 0 saturated carbocycles. The van der Waals surface area contributed by atoms with E-state index in [-0.39, 0.29) is 31.0 Å². The highest BCUT2D eigenvalue weighted by Gasteiger charge is 2.28. The van der Waals surface area contributed by atoms with Gasteiger partial charge in [0.15, 0.2) is 6.61 Å². The van der Waals surface area contributed by atoms with E-state index in [1.807, 2.05) is 45.9 Å². The lowest BCUT2D eigenvalue weighted by molar-refractivity contribution is -0.142. The van der Waals surface area contributed by atoms with E-state index in [2.05, 4.69) is 5.32 Å². The fourth-order valence-corrected chi connectivity index (χ4v) is 2.94. The molecular weight excluding hydrogens is 383 g/mol. The van der Waals surface area contributed by atoms with Crippen LogP contribution >= 0.6 is 0 Å². The Hall–Kier alpha value is -2.89. The van der Waals surface area contributed by atoms with Crippen molar-refractivity contribution < 1.29 is 18.7 Å². The fourth-order valence-electron chi connectivity index (χ4n) is 2.94. The van der Waals surface area contributed by atoms with Gasteiger partial charge in [-0.05, 0) is 57.4 Å². The third-order valence-corrected chi connectivity index (χ3v) is 5.16. The zero-order valence-corrected chi connectivity index (χ0v) is 18.4. The fraction of sp³-hybridized carbons (Fsp3) is 0.417. The van der Waals surface area contributed by atoms with Crippen LogP contribution < -0.4 is 10.1 Å². The monoisotopic (exact) mass is 414 g/mol. The molecule has 0 aliphatic heterocycles. The smallest absolute Gasteiger partial charge is 0.261 e. The number of carbonyl (C=O) groups excluding carboxylic acids is 2. The summed E-state index contributed by atoms with van der Waals surface area (Å²) in [7, 11) is 0. The van der Waals surface area contributed by atoms with Gasteiger partial charge in [-0.15, -0.1) is 0 Å². The van der Waals surface area contributed by atoms with E-state index in [4.69, 9.17) is 4.74 Å². The van der Waals surface area contributed by atoms with E-state index in [0.29, 0.717) is 11.3 Å². The Kier molecular flexibility index (Phi) is 8.39. The summed E-state index contributed by atoms with van der Waals surface area (Å²) in [5, 5.41) is 2.89. The van der Waals surface area contributed by atoms with Gasteiger partial charge in [-0.2, -0.15) is 0 Å². The van der Waals surface area contributed by atoms with Crippen molar-refractivity contribution in [2.45, 2.75) is 59.7 Å². The molecule has 2 rings (SSSR count). The molecule has 2 amide bonds. The molecule has 0 aliphatic rings. The molecule has 0 spiro atoms. The normalized spacial score (nSPS) is 12.7. The number of hydrogen-bond donors (Lipinski definition) is 1. The molecule has 0 aromatic heterocycles. The highest BCUT2D eigenvalue weighted by Crippen LogP contribution is 2.20. The van der Waals surface area contributed by atoms with E-state index in [9.17, 15) is 14.0 Å². The zero-order chi connectivity index (χ0) is 22.3. The second-order valence-electron chi connectivity index (χ2n) is 7.66. The van der Waals surface area contributed by atoms with Gasteiger partial charge in [0.2, 0.25) is 5.91 Å². The first-order valence-electron chi connectivity index (χ1n) is 10.3. The Balaban J connectivity index is 2.20. The van der Waals surface area contributed by atoms with Crippen molar-refractivity contribution in [1.82, 2.24) is 10.2 Å². The number of hydrogen-bond acceptors (Lipinski definition) is 3. The third kappa shape index (κ3) is 6.31. The Bertz CT molecular complexity index is 885. The molecule has 2 aromatic carbocycles. The molecule has 30 heavy (non-hydrogen) atoms. The van der Waals surface area contributed by atoms with Gasteiger partial charge in [0.05, 0.1) is 0 Å². The van der Waals surface area contributed by atoms with Crippen LogP contribution in [0.4, 0.5) is 4.39 Å². The number of halogens is 1. The minimum atomic E-state index is -0.770. The van der Waals surface area contributed by atoms with E-state index < -0.39 is 11.9 Å². The number of benzene rings is 2. The molecule has 2 aromatic rings. The summed E-state index contributed by atoms with van der Waals surface area (Å²) in [6, 6.07) is 11.2. The van der Waals surface area contributed by atoms with Crippen LogP contribution in [0, 0.1) is 19.7 Å². The SMILES string of the molecule is CC[C@H](C)NC(=O)[C@@H](C)N(Cc1ccccc1F)C(=O)COc1cc(C)ccc1C. The molecule has 0 aliphatic carbocycles. The summed E-state index contributed by atoms with van der Waals surface area (Å²) < 4.78 is 20.0. The maximum Gasteiger partial charge on any atom is 0.261 e. The second kappa shape index (κ2) is 10.8. The summed E-state index contributed by atoms with van der Waals surface area (Å²) in [6.07, 6.45) is 0.773. The minimum absolute atomic E-state index is 0.0171. The van der Waals surface area contributed by atoms with Gasteiger partial charge in [-0.25, -0.2) is 4.39 Å². The summed E-state index contributed by atoms with van der Waals surface area (Å²) in [5.74, 6) is -0.460. The Morgan fingerprint density at radius 2 is 1.83 bits per heavy atom. The number of ether oxygens (including phenoxy) is 1. The lowest BCUT2D eigenvalue weighted by Crippen LogP contribution is -2.50. The van der Waals surface area contributed by atoms with Gasteiger partial charge >= 0.3 is 0 Å². The topological polar surface area (TPSA) is 58.6 Å². The molecule has 0 radical (unpaired) electrons.